The molecular weight excluding hydrogens is 266 g/mol. The van der Waals surface area contributed by atoms with Crippen LogP contribution in [0.5, 0.6) is 0 Å². The number of hydrogen-bond donors (Lipinski definition) is 1. The molecule has 108 valence electrons. The van der Waals surface area contributed by atoms with Crippen LogP contribution in [0.3, 0.4) is 0 Å². The molecule has 5 nitrogen and oxygen atoms in total. The summed E-state index contributed by atoms with van der Waals surface area (Å²) in [6.07, 6.45) is 4.92. The number of carbonyl (C=O) groups excluding carboxylic acids is 2. The summed E-state index contributed by atoms with van der Waals surface area (Å²) in [6, 6.07) is 8.18. The zero-order chi connectivity index (χ0) is 14.8. The normalized spacial score (nSPS) is 25.6. The molecule has 3 amide bonds. The molecule has 0 spiro atoms. The van der Waals surface area contributed by atoms with Crippen LogP contribution in [0.15, 0.2) is 24.3 Å². The Morgan fingerprint density at radius 2 is 1.81 bits per heavy atom. The lowest BCUT2D eigenvalue weighted by atomic mass is 9.91. The van der Waals surface area contributed by atoms with Gasteiger partial charge in [0.2, 0.25) is 5.91 Å². The Morgan fingerprint density at radius 1 is 1.10 bits per heavy atom. The van der Waals surface area contributed by atoms with Crippen LogP contribution in [-0.2, 0) is 4.79 Å². The van der Waals surface area contributed by atoms with Crippen LogP contribution >= 0.6 is 0 Å². The Morgan fingerprint density at radius 3 is 2.52 bits per heavy atom. The zero-order valence-electron chi connectivity index (χ0n) is 11.7. The van der Waals surface area contributed by atoms with E-state index in [0.29, 0.717) is 11.3 Å². The summed E-state index contributed by atoms with van der Waals surface area (Å²) in [5.74, 6) is -0.240. The van der Waals surface area contributed by atoms with Crippen molar-refractivity contribution >= 4 is 17.6 Å². The van der Waals surface area contributed by atoms with Gasteiger partial charge in [0.15, 0.2) is 0 Å². The molecule has 0 bridgehead atoms. The molecule has 2 fully saturated rings. The SMILES string of the molecule is N#Cc1ccc(N2C(=O)NC3CCCCCC3C2=O)cc1. The molecule has 0 aromatic heterocycles. The lowest BCUT2D eigenvalue weighted by molar-refractivity contribution is -0.123. The second-order valence-electron chi connectivity index (χ2n) is 5.63. The maximum atomic E-state index is 12.7. The number of urea groups is 1. The van der Waals surface area contributed by atoms with Gasteiger partial charge in [-0.15, -0.1) is 0 Å². The van der Waals surface area contributed by atoms with Crippen molar-refractivity contribution in [2.45, 2.75) is 38.1 Å². The van der Waals surface area contributed by atoms with Crippen LogP contribution in [0.25, 0.3) is 0 Å². The maximum Gasteiger partial charge on any atom is 0.328 e. The minimum absolute atomic E-state index is 0.0258. The van der Waals surface area contributed by atoms with Gasteiger partial charge in [0.25, 0.3) is 0 Å². The van der Waals surface area contributed by atoms with Crippen LogP contribution in [-0.4, -0.2) is 18.0 Å². The molecule has 1 aromatic rings. The highest BCUT2D eigenvalue weighted by Gasteiger charge is 2.41. The minimum atomic E-state index is -0.354. The predicted octanol–water partition coefficient (Wildman–Crippen LogP) is 2.56. The van der Waals surface area contributed by atoms with Gasteiger partial charge in [0, 0.05) is 6.04 Å². The summed E-state index contributed by atoms with van der Waals surface area (Å²) in [4.78, 5) is 26.1. The van der Waals surface area contributed by atoms with Gasteiger partial charge in [-0.1, -0.05) is 19.3 Å². The van der Waals surface area contributed by atoms with Gasteiger partial charge >= 0.3 is 6.03 Å². The smallest absolute Gasteiger partial charge is 0.328 e. The van der Waals surface area contributed by atoms with E-state index in [9.17, 15) is 9.59 Å². The Labute approximate surface area is 123 Å². The second kappa shape index (κ2) is 5.57. The summed E-state index contributed by atoms with van der Waals surface area (Å²) < 4.78 is 0. The predicted molar refractivity (Wildman–Crippen MR) is 77.5 cm³/mol. The summed E-state index contributed by atoms with van der Waals surface area (Å²) in [5, 5.41) is 11.8. The molecular formula is C16H17N3O2. The van der Waals surface area contributed by atoms with Crippen LogP contribution in [0, 0.1) is 17.2 Å². The van der Waals surface area contributed by atoms with E-state index in [2.05, 4.69) is 5.32 Å². The van der Waals surface area contributed by atoms with E-state index in [1.807, 2.05) is 6.07 Å². The number of rotatable bonds is 1. The zero-order valence-corrected chi connectivity index (χ0v) is 11.7. The molecule has 1 N–H and O–H groups in total. The van der Waals surface area contributed by atoms with Crippen molar-refractivity contribution in [3.05, 3.63) is 29.8 Å². The topological polar surface area (TPSA) is 73.2 Å². The standard InChI is InChI=1S/C16H17N3O2/c17-10-11-6-8-12(9-7-11)19-15(20)13-4-2-1-3-5-14(13)18-16(19)21/h6-9,13-14H,1-5H2,(H,18,21). The van der Waals surface area contributed by atoms with Gasteiger partial charge in [-0.3, -0.25) is 4.79 Å². The molecule has 1 saturated heterocycles. The second-order valence-corrected chi connectivity index (χ2v) is 5.63. The van der Waals surface area contributed by atoms with Gasteiger partial charge in [-0.2, -0.15) is 5.26 Å². The van der Waals surface area contributed by atoms with E-state index >= 15 is 0 Å². The molecule has 2 aliphatic rings. The number of benzene rings is 1. The molecule has 3 rings (SSSR count). The number of hydrogen-bond acceptors (Lipinski definition) is 3. The highest BCUT2D eigenvalue weighted by molar-refractivity contribution is 6.17. The van der Waals surface area contributed by atoms with Crippen molar-refractivity contribution in [3.8, 4) is 6.07 Å². The van der Waals surface area contributed by atoms with Gasteiger partial charge < -0.3 is 5.32 Å². The summed E-state index contributed by atoms with van der Waals surface area (Å²) in [6.45, 7) is 0. The third-order valence-electron chi connectivity index (χ3n) is 4.32. The van der Waals surface area contributed by atoms with Crippen molar-refractivity contribution in [2.24, 2.45) is 5.92 Å². The highest BCUT2D eigenvalue weighted by atomic mass is 16.2. The van der Waals surface area contributed by atoms with Crippen LogP contribution in [0.2, 0.25) is 0 Å². The number of fused-ring (bicyclic) bond motifs is 1. The monoisotopic (exact) mass is 283 g/mol. The van der Waals surface area contributed by atoms with Crippen molar-refractivity contribution in [3.63, 3.8) is 0 Å². The number of amides is 3. The van der Waals surface area contributed by atoms with E-state index in [-0.39, 0.29) is 23.9 Å². The quantitative estimate of drug-likeness (QED) is 0.860. The fourth-order valence-corrected chi connectivity index (χ4v) is 3.19. The van der Waals surface area contributed by atoms with Crippen LogP contribution in [0.1, 0.15) is 37.7 Å². The fraction of sp³-hybridized carbons (Fsp3) is 0.438. The molecule has 5 heteroatoms. The number of imide groups is 1. The van der Waals surface area contributed by atoms with Gasteiger partial charge in [0.05, 0.1) is 23.2 Å². The summed E-state index contributed by atoms with van der Waals surface area (Å²) >= 11 is 0. The first kappa shape index (κ1) is 13.6. The Balaban J connectivity index is 1.89. The molecule has 2 atom stereocenters. The number of carbonyl (C=O) groups is 2. The number of nitrogens with one attached hydrogen (secondary N) is 1. The first-order valence-electron chi connectivity index (χ1n) is 7.35. The van der Waals surface area contributed by atoms with Crippen molar-refractivity contribution in [1.82, 2.24) is 5.32 Å². The van der Waals surface area contributed by atoms with Crippen molar-refractivity contribution in [2.75, 3.05) is 4.90 Å². The van der Waals surface area contributed by atoms with E-state index in [0.717, 1.165) is 32.1 Å². The summed E-state index contributed by atoms with van der Waals surface area (Å²) in [5.41, 5.74) is 1.04. The number of nitrogens with zero attached hydrogens (tertiary/aromatic N) is 2. The molecule has 0 radical (unpaired) electrons. The number of nitriles is 1. The van der Waals surface area contributed by atoms with E-state index in [1.165, 1.54) is 4.90 Å². The Bertz CT molecular complexity index is 603. The van der Waals surface area contributed by atoms with Gasteiger partial charge in [0.1, 0.15) is 0 Å². The van der Waals surface area contributed by atoms with Gasteiger partial charge in [-0.25, -0.2) is 9.69 Å². The first-order chi connectivity index (χ1) is 10.2. The average Bonchev–Trinajstić information content (AvgIpc) is 2.73. The molecule has 2 unspecified atom stereocenters. The molecule has 21 heavy (non-hydrogen) atoms. The Hall–Kier alpha value is -2.35. The van der Waals surface area contributed by atoms with E-state index in [1.54, 1.807) is 24.3 Å². The molecule has 1 saturated carbocycles. The van der Waals surface area contributed by atoms with Crippen molar-refractivity contribution < 1.29 is 9.59 Å². The largest absolute Gasteiger partial charge is 0.334 e. The molecule has 1 aliphatic carbocycles. The maximum absolute atomic E-state index is 12.7. The number of anilines is 1. The molecule has 1 aliphatic heterocycles. The van der Waals surface area contributed by atoms with E-state index < -0.39 is 0 Å². The third kappa shape index (κ3) is 2.49. The average molecular weight is 283 g/mol. The lowest BCUT2D eigenvalue weighted by Crippen LogP contribution is -2.60. The minimum Gasteiger partial charge on any atom is -0.334 e. The Kier molecular flexibility index (Phi) is 3.61. The van der Waals surface area contributed by atoms with Crippen LogP contribution < -0.4 is 10.2 Å². The fourth-order valence-electron chi connectivity index (χ4n) is 3.19. The highest BCUT2D eigenvalue weighted by Crippen LogP contribution is 2.30. The first-order valence-corrected chi connectivity index (χ1v) is 7.35. The summed E-state index contributed by atoms with van der Waals surface area (Å²) in [7, 11) is 0. The third-order valence-corrected chi connectivity index (χ3v) is 4.32. The molecule has 1 aromatic carbocycles. The van der Waals surface area contributed by atoms with Crippen molar-refractivity contribution in [1.29, 1.82) is 5.26 Å². The molecule has 1 heterocycles. The van der Waals surface area contributed by atoms with Crippen LogP contribution in [0.4, 0.5) is 10.5 Å². The lowest BCUT2D eigenvalue weighted by Gasteiger charge is -2.36. The van der Waals surface area contributed by atoms with Gasteiger partial charge in [-0.05, 0) is 37.1 Å². The van der Waals surface area contributed by atoms with E-state index in [4.69, 9.17) is 5.26 Å².